The van der Waals surface area contributed by atoms with Crippen LogP contribution in [-0.4, -0.2) is 9.13 Å². The van der Waals surface area contributed by atoms with Gasteiger partial charge >= 0.3 is 24.7 Å². The lowest BCUT2D eigenvalue weighted by atomic mass is 9.92. The van der Waals surface area contributed by atoms with Crippen molar-refractivity contribution in [2.75, 3.05) is 0 Å². The highest BCUT2D eigenvalue weighted by molar-refractivity contribution is 6.13. The van der Waals surface area contributed by atoms with Crippen LogP contribution in [0.4, 0.5) is 58.4 Å². The van der Waals surface area contributed by atoms with E-state index in [4.69, 9.17) is 6.57 Å². The van der Waals surface area contributed by atoms with E-state index in [1.807, 2.05) is 6.07 Å². The Morgan fingerprint density at radius 3 is 1.29 bits per heavy atom. The van der Waals surface area contributed by atoms with Gasteiger partial charge in [-0.2, -0.15) is 57.9 Å². The van der Waals surface area contributed by atoms with E-state index in [0.717, 1.165) is 63.7 Å². The summed E-state index contributed by atoms with van der Waals surface area (Å²) in [6, 6.07) is 18.3. The number of hydrogen-bond acceptors (Lipinski definition) is 1. The second-order valence-electron chi connectivity index (χ2n) is 13.7. The van der Waals surface area contributed by atoms with Crippen molar-refractivity contribution in [1.82, 2.24) is 9.13 Å². The first-order chi connectivity index (χ1) is 27.6. The van der Waals surface area contributed by atoms with E-state index in [9.17, 15) is 44.8 Å². The molecule has 0 N–H and O–H groups in total. The minimum Gasteiger partial charge on any atom is -0.309 e. The van der Waals surface area contributed by atoms with Gasteiger partial charge in [-0.3, -0.25) is 0 Å². The molecule has 8 aromatic rings. The number of nitrogens with zero attached hydrogens (tertiary/aromatic N) is 4. The first-order valence-electron chi connectivity index (χ1n) is 17.1. The van der Waals surface area contributed by atoms with E-state index in [2.05, 4.69) is 4.85 Å². The Morgan fingerprint density at radius 1 is 0.508 bits per heavy atom. The molecule has 0 radical (unpaired) electrons. The van der Waals surface area contributed by atoms with E-state index < -0.39 is 91.7 Å². The van der Waals surface area contributed by atoms with E-state index >= 15 is 13.2 Å². The molecule has 59 heavy (non-hydrogen) atoms. The molecular weight excluding hydrogens is 800 g/mol. The fraction of sp³-hybridized carbons (Fsp3) is 0.116. The molecule has 0 aliphatic carbocycles. The Labute approximate surface area is 324 Å². The maximum atomic E-state index is 15.2. The first kappa shape index (κ1) is 38.9. The van der Waals surface area contributed by atoms with Crippen LogP contribution in [0.15, 0.2) is 103 Å². The van der Waals surface area contributed by atoms with Crippen molar-refractivity contribution in [2.45, 2.75) is 31.6 Å². The zero-order valence-electron chi connectivity index (χ0n) is 29.6. The summed E-state index contributed by atoms with van der Waals surface area (Å²) in [5, 5.41) is 10.8. The van der Waals surface area contributed by atoms with Gasteiger partial charge < -0.3 is 9.13 Å². The lowest BCUT2D eigenvalue weighted by molar-refractivity contribution is -0.138. The van der Waals surface area contributed by atoms with Crippen molar-refractivity contribution < 1.29 is 52.7 Å². The summed E-state index contributed by atoms with van der Waals surface area (Å²) in [7, 11) is 0. The summed E-state index contributed by atoms with van der Waals surface area (Å²) >= 11 is 0. The van der Waals surface area contributed by atoms with Crippen LogP contribution in [0.25, 0.3) is 71.0 Å². The largest absolute Gasteiger partial charge is 0.416 e. The molecule has 0 aliphatic heterocycles. The summed E-state index contributed by atoms with van der Waals surface area (Å²) < 4.78 is 177. The number of aryl methyl sites for hydroxylation is 1. The van der Waals surface area contributed by atoms with Crippen molar-refractivity contribution in [2.24, 2.45) is 0 Å². The molecule has 16 heteroatoms. The molecule has 0 bridgehead atoms. The number of alkyl halides is 12. The third-order valence-electron chi connectivity index (χ3n) is 10.1. The summed E-state index contributed by atoms with van der Waals surface area (Å²) in [6.45, 7) is 9.59. The van der Waals surface area contributed by atoms with Crippen molar-refractivity contribution in [3.8, 4) is 28.6 Å². The number of rotatable bonds is 3. The van der Waals surface area contributed by atoms with Gasteiger partial charge in [0.05, 0.1) is 73.9 Å². The Balaban J connectivity index is 1.70. The van der Waals surface area contributed by atoms with Gasteiger partial charge in [0, 0.05) is 32.7 Å². The highest BCUT2D eigenvalue weighted by Crippen LogP contribution is 2.50. The molecule has 8 rings (SSSR count). The number of aromatic nitrogens is 2. The maximum absolute atomic E-state index is 15.2. The summed E-state index contributed by atoms with van der Waals surface area (Å²) in [5.74, 6) is 0. The Morgan fingerprint density at radius 2 is 0.915 bits per heavy atom. The van der Waals surface area contributed by atoms with Crippen LogP contribution in [0.1, 0.15) is 33.4 Å². The van der Waals surface area contributed by atoms with E-state index in [1.54, 1.807) is 19.1 Å². The molecular formula is C43H20F12N4. The van der Waals surface area contributed by atoms with Gasteiger partial charge in [0.15, 0.2) is 5.69 Å². The Kier molecular flexibility index (Phi) is 8.60. The van der Waals surface area contributed by atoms with Crippen LogP contribution in [0, 0.1) is 24.8 Å². The van der Waals surface area contributed by atoms with E-state index in [0.29, 0.717) is 41.3 Å². The molecule has 0 saturated carbocycles. The van der Waals surface area contributed by atoms with Gasteiger partial charge in [-0.25, -0.2) is 4.85 Å². The monoisotopic (exact) mass is 820 g/mol. The number of benzene rings is 6. The van der Waals surface area contributed by atoms with Crippen LogP contribution < -0.4 is 0 Å². The van der Waals surface area contributed by atoms with Gasteiger partial charge in [-0.15, -0.1) is 0 Å². The van der Waals surface area contributed by atoms with Crippen LogP contribution in [0.5, 0.6) is 0 Å². The van der Waals surface area contributed by atoms with Crippen molar-refractivity contribution in [3.63, 3.8) is 0 Å². The quantitative estimate of drug-likeness (QED) is 0.129. The minimum atomic E-state index is -5.26. The van der Waals surface area contributed by atoms with Crippen LogP contribution in [0.3, 0.4) is 0 Å². The fourth-order valence-electron chi connectivity index (χ4n) is 7.61. The maximum Gasteiger partial charge on any atom is 0.416 e. The molecule has 0 unspecified atom stereocenters. The lowest BCUT2D eigenvalue weighted by Gasteiger charge is -2.24. The summed E-state index contributed by atoms with van der Waals surface area (Å²) in [4.78, 5) is 3.33. The standard InChI is InChI=1S/C43H20F12N4/c1-21-6-10-26-27-11-7-23(40(44,45)46)17-33(27)58(32(26)14-21)36-15-22(20-56)16-37(39(36)38-30(43(53,54)55)4-3-5-31(38)57-2)59-34-18-24(41(47,48)49)8-12-28(34)29-13-9-25(19-35(29)59)42(50,51)52/h3-19H,1H3. The van der Waals surface area contributed by atoms with Gasteiger partial charge in [0.1, 0.15) is 0 Å². The number of halogens is 12. The molecule has 6 aromatic carbocycles. The number of hydrogen-bond donors (Lipinski definition) is 0. The topological polar surface area (TPSA) is 38.0 Å². The highest BCUT2D eigenvalue weighted by atomic mass is 19.4. The average Bonchev–Trinajstić information content (AvgIpc) is 3.66. The lowest BCUT2D eigenvalue weighted by Crippen LogP contribution is -2.12. The SMILES string of the molecule is [C-]#[N+]c1cccc(C(F)(F)F)c1-c1c(-n2c3cc(C)ccc3c3ccc(C(F)(F)F)cc32)cc(C#N)cc1-n1c2cc(C(F)(F)F)ccc2c2ccc(C(F)(F)F)cc21. The zero-order chi connectivity index (χ0) is 42.6. The third kappa shape index (κ3) is 6.36. The van der Waals surface area contributed by atoms with Gasteiger partial charge in [-0.05, 0) is 67.1 Å². The van der Waals surface area contributed by atoms with Crippen LogP contribution in [-0.2, 0) is 24.7 Å². The summed E-state index contributed by atoms with van der Waals surface area (Å²) in [5.41, 5.74) is -9.23. The van der Waals surface area contributed by atoms with Gasteiger partial charge in [-0.1, -0.05) is 48.5 Å². The van der Waals surface area contributed by atoms with E-state index in [1.165, 1.54) is 6.07 Å². The van der Waals surface area contributed by atoms with Crippen molar-refractivity contribution >= 4 is 49.3 Å². The molecule has 0 atom stereocenters. The Hall–Kier alpha value is -6.94. The zero-order valence-corrected chi connectivity index (χ0v) is 29.6. The number of nitriles is 1. The number of fused-ring (bicyclic) bond motifs is 6. The smallest absolute Gasteiger partial charge is 0.309 e. The van der Waals surface area contributed by atoms with Crippen molar-refractivity contribution in [1.29, 1.82) is 5.26 Å². The molecule has 0 spiro atoms. The minimum absolute atomic E-state index is 0.0617. The molecule has 0 fully saturated rings. The fourth-order valence-corrected chi connectivity index (χ4v) is 7.61. The van der Waals surface area contributed by atoms with Crippen molar-refractivity contribution in [3.05, 3.63) is 148 Å². The molecule has 0 amide bonds. The Bertz CT molecular complexity index is 3070. The van der Waals surface area contributed by atoms with E-state index in [-0.39, 0.29) is 27.2 Å². The second kappa shape index (κ2) is 13.0. The molecule has 4 nitrogen and oxygen atoms in total. The average molecular weight is 821 g/mol. The highest BCUT2D eigenvalue weighted by Gasteiger charge is 2.39. The molecule has 2 heterocycles. The second-order valence-corrected chi connectivity index (χ2v) is 13.7. The molecule has 0 saturated heterocycles. The normalized spacial score (nSPS) is 12.8. The third-order valence-corrected chi connectivity index (χ3v) is 10.1. The van der Waals surface area contributed by atoms with Crippen LogP contribution >= 0.6 is 0 Å². The van der Waals surface area contributed by atoms with Crippen LogP contribution in [0.2, 0.25) is 0 Å². The predicted octanol–water partition coefficient (Wildman–Crippen LogP) is 14.4. The predicted molar refractivity (Wildman–Crippen MR) is 196 cm³/mol. The van der Waals surface area contributed by atoms with Gasteiger partial charge in [0.25, 0.3) is 0 Å². The first-order valence-corrected chi connectivity index (χ1v) is 17.1. The molecule has 0 aliphatic rings. The molecule has 296 valence electrons. The molecule has 2 aromatic heterocycles. The summed E-state index contributed by atoms with van der Waals surface area (Å²) in [6.07, 6.45) is -20.2. The van der Waals surface area contributed by atoms with Gasteiger partial charge in [0.2, 0.25) is 0 Å².